The minimum Gasteiger partial charge on any atom is -0.398 e. The molecule has 2 amide bonds. The van der Waals surface area contributed by atoms with Gasteiger partial charge in [0.2, 0.25) is 0 Å². The third-order valence-electron chi connectivity index (χ3n) is 2.46. The molecule has 1 radical (unpaired) electrons. The lowest BCUT2D eigenvalue weighted by atomic mass is 10.3. The smallest absolute Gasteiger partial charge is 0.317 e. The molecule has 1 aliphatic heterocycles. The molecule has 14 heavy (non-hydrogen) atoms. The molecule has 1 rings (SSSR count). The third-order valence-corrected chi connectivity index (χ3v) is 5.60. The largest absolute Gasteiger partial charge is 0.398 e. The van der Waals surface area contributed by atoms with E-state index in [4.69, 9.17) is 16.2 Å². The van der Waals surface area contributed by atoms with Crippen LogP contribution in [0.2, 0.25) is 5.54 Å². The molecule has 1 atom stereocenters. The lowest BCUT2D eigenvalue weighted by molar-refractivity contribution is 0.216. The van der Waals surface area contributed by atoms with Gasteiger partial charge in [0.1, 0.15) is 0 Å². The van der Waals surface area contributed by atoms with E-state index >= 15 is 0 Å². The van der Waals surface area contributed by atoms with E-state index in [1.165, 1.54) is 0 Å². The lowest BCUT2D eigenvalue weighted by Crippen LogP contribution is -2.30. The first kappa shape index (κ1) is 11.8. The van der Waals surface area contributed by atoms with E-state index in [2.05, 4.69) is 5.32 Å². The number of nitrogens with one attached hydrogen (secondary N) is 1. The van der Waals surface area contributed by atoms with Crippen LogP contribution in [-0.2, 0) is 0 Å². The average molecular weight is 236 g/mol. The SMILES string of the molecule is CC(CCN1CCNC1=O)[Si](Cl)CO. The Morgan fingerprint density at radius 1 is 1.79 bits per heavy atom. The van der Waals surface area contributed by atoms with E-state index in [0.717, 1.165) is 26.1 Å². The number of carbonyl (C=O) groups is 1. The predicted octanol–water partition coefficient (Wildman–Crippen LogP) is 0.554. The number of rotatable bonds is 5. The van der Waals surface area contributed by atoms with Crippen molar-refractivity contribution in [1.29, 1.82) is 0 Å². The van der Waals surface area contributed by atoms with Gasteiger partial charge in [-0.05, 0) is 12.0 Å². The maximum Gasteiger partial charge on any atom is 0.317 e. The first-order valence-corrected chi connectivity index (χ1v) is 7.59. The number of hydrogen-bond donors (Lipinski definition) is 2. The minimum absolute atomic E-state index is 0.0181. The average Bonchev–Trinajstić information content (AvgIpc) is 2.59. The van der Waals surface area contributed by atoms with Crippen molar-refractivity contribution in [1.82, 2.24) is 10.2 Å². The van der Waals surface area contributed by atoms with E-state index in [1.54, 1.807) is 4.90 Å². The Hall–Kier alpha value is -0.263. The van der Waals surface area contributed by atoms with Gasteiger partial charge in [0.15, 0.2) is 8.11 Å². The van der Waals surface area contributed by atoms with Gasteiger partial charge in [-0.25, -0.2) is 4.79 Å². The normalized spacial score (nSPS) is 18.9. The zero-order chi connectivity index (χ0) is 10.6. The molecule has 4 nitrogen and oxygen atoms in total. The molecule has 0 aliphatic carbocycles. The molecule has 1 aliphatic rings. The van der Waals surface area contributed by atoms with Crippen LogP contribution in [0.15, 0.2) is 0 Å². The summed E-state index contributed by atoms with van der Waals surface area (Å²) >= 11 is 5.97. The summed E-state index contributed by atoms with van der Waals surface area (Å²) in [5.41, 5.74) is 0.333. The molecule has 0 aromatic rings. The summed E-state index contributed by atoms with van der Waals surface area (Å²) in [6.45, 7) is 4.31. The summed E-state index contributed by atoms with van der Waals surface area (Å²) < 4.78 is 0. The quantitative estimate of drug-likeness (QED) is 0.540. The second-order valence-corrected chi connectivity index (χ2v) is 7.17. The zero-order valence-electron chi connectivity index (χ0n) is 8.29. The summed E-state index contributed by atoms with van der Waals surface area (Å²) in [5.74, 6) is 0. The van der Waals surface area contributed by atoms with Crippen molar-refractivity contribution in [3.63, 3.8) is 0 Å². The van der Waals surface area contributed by atoms with Gasteiger partial charge in [-0.1, -0.05) is 6.92 Å². The summed E-state index contributed by atoms with van der Waals surface area (Å²) in [5, 5.41) is 11.6. The summed E-state index contributed by atoms with van der Waals surface area (Å²) in [4.78, 5) is 13.0. The van der Waals surface area contributed by atoms with Crippen LogP contribution in [-0.4, -0.2) is 50.0 Å². The van der Waals surface area contributed by atoms with Gasteiger partial charge < -0.3 is 15.3 Å². The minimum atomic E-state index is -1.15. The highest BCUT2D eigenvalue weighted by Gasteiger charge is 2.22. The number of halogens is 1. The molecular weight excluding hydrogens is 220 g/mol. The Bertz CT molecular complexity index is 206. The Kier molecular flexibility index (Phi) is 4.70. The number of hydrogen-bond acceptors (Lipinski definition) is 2. The number of amides is 2. The highest BCUT2D eigenvalue weighted by molar-refractivity contribution is 7.07. The molecule has 1 saturated heterocycles. The molecule has 0 aromatic heterocycles. The maximum absolute atomic E-state index is 11.2. The molecule has 1 fully saturated rings. The molecule has 0 spiro atoms. The van der Waals surface area contributed by atoms with Gasteiger partial charge in [-0.3, -0.25) is 0 Å². The fraction of sp³-hybridized carbons (Fsp3) is 0.875. The number of nitrogens with zero attached hydrogens (tertiary/aromatic N) is 1. The Balaban J connectivity index is 2.22. The molecule has 0 bridgehead atoms. The van der Waals surface area contributed by atoms with Gasteiger partial charge in [-0.2, -0.15) is 11.1 Å². The van der Waals surface area contributed by atoms with Crippen molar-refractivity contribution >= 4 is 25.2 Å². The molecule has 81 valence electrons. The van der Waals surface area contributed by atoms with Crippen molar-refractivity contribution in [3.8, 4) is 0 Å². The van der Waals surface area contributed by atoms with Crippen LogP contribution in [0.5, 0.6) is 0 Å². The van der Waals surface area contributed by atoms with Crippen LogP contribution in [0, 0.1) is 0 Å². The first-order chi connectivity index (χ1) is 6.65. The fourth-order valence-electron chi connectivity index (χ4n) is 1.39. The van der Waals surface area contributed by atoms with Crippen molar-refractivity contribution in [2.75, 3.05) is 25.9 Å². The Labute approximate surface area is 90.5 Å². The Morgan fingerprint density at radius 3 is 3.00 bits per heavy atom. The van der Waals surface area contributed by atoms with Crippen LogP contribution < -0.4 is 5.32 Å². The zero-order valence-corrected chi connectivity index (χ0v) is 10.0. The van der Waals surface area contributed by atoms with Crippen LogP contribution in [0.1, 0.15) is 13.3 Å². The van der Waals surface area contributed by atoms with Crippen molar-refractivity contribution in [3.05, 3.63) is 0 Å². The first-order valence-electron chi connectivity index (χ1n) is 4.80. The van der Waals surface area contributed by atoms with Gasteiger partial charge in [0.25, 0.3) is 0 Å². The fourth-order valence-corrected chi connectivity index (χ4v) is 2.47. The second-order valence-electron chi connectivity index (χ2n) is 3.51. The maximum atomic E-state index is 11.2. The van der Waals surface area contributed by atoms with E-state index in [1.807, 2.05) is 6.92 Å². The molecule has 2 N–H and O–H groups in total. The van der Waals surface area contributed by atoms with Crippen molar-refractivity contribution in [2.24, 2.45) is 0 Å². The molecule has 0 saturated carbocycles. The van der Waals surface area contributed by atoms with E-state index < -0.39 is 8.11 Å². The number of carbonyl (C=O) groups excluding carboxylic acids is 1. The molecule has 1 heterocycles. The van der Waals surface area contributed by atoms with E-state index in [9.17, 15) is 4.79 Å². The monoisotopic (exact) mass is 235 g/mol. The van der Waals surface area contributed by atoms with Gasteiger partial charge in [0, 0.05) is 19.6 Å². The Morgan fingerprint density at radius 2 is 2.50 bits per heavy atom. The van der Waals surface area contributed by atoms with Gasteiger partial charge in [-0.15, -0.1) is 0 Å². The number of aliphatic hydroxyl groups is 1. The molecule has 6 heteroatoms. The van der Waals surface area contributed by atoms with Crippen LogP contribution in [0.3, 0.4) is 0 Å². The highest BCUT2D eigenvalue weighted by atomic mass is 35.6. The summed E-state index contributed by atoms with van der Waals surface area (Å²) in [7, 11) is -1.15. The van der Waals surface area contributed by atoms with E-state index in [0.29, 0.717) is 5.54 Å². The standard InChI is InChI=1S/C8H16ClN2O2Si/c1-7(14(9)6-12)2-4-11-5-3-10-8(11)13/h7,12H,2-6H2,1H3,(H,10,13). The second kappa shape index (κ2) is 5.58. The summed E-state index contributed by atoms with van der Waals surface area (Å²) in [6.07, 6.45) is 0.978. The van der Waals surface area contributed by atoms with Crippen LogP contribution in [0.4, 0.5) is 4.79 Å². The molecule has 1 unspecified atom stereocenters. The summed E-state index contributed by atoms with van der Waals surface area (Å²) in [6, 6.07) is 0.0181. The van der Waals surface area contributed by atoms with E-state index in [-0.39, 0.29) is 12.3 Å². The molecule has 0 aromatic carbocycles. The third kappa shape index (κ3) is 3.15. The molecular formula is C8H16ClN2O2Si. The number of aliphatic hydroxyl groups excluding tert-OH is 1. The van der Waals surface area contributed by atoms with Gasteiger partial charge in [0.05, 0.1) is 6.23 Å². The van der Waals surface area contributed by atoms with Crippen LogP contribution in [0.25, 0.3) is 0 Å². The van der Waals surface area contributed by atoms with Crippen LogP contribution >= 0.6 is 11.1 Å². The number of urea groups is 1. The van der Waals surface area contributed by atoms with Crippen molar-refractivity contribution in [2.45, 2.75) is 18.9 Å². The topological polar surface area (TPSA) is 52.6 Å². The lowest BCUT2D eigenvalue weighted by Gasteiger charge is -2.18. The van der Waals surface area contributed by atoms with Crippen molar-refractivity contribution < 1.29 is 9.90 Å². The van der Waals surface area contributed by atoms with Gasteiger partial charge >= 0.3 is 6.03 Å². The predicted molar refractivity (Wildman–Crippen MR) is 57.7 cm³/mol. The highest BCUT2D eigenvalue weighted by Crippen LogP contribution is 2.17.